The van der Waals surface area contributed by atoms with Gasteiger partial charge in [-0.2, -0.15) is 0 Å². The van der Waals surface area contributed by atoms with Crippen molar-refractivity contribution in [2.24, 2.45) is 0 Å². The Morgan fingerprint density at radius 1 is 0.969 bits per heavy atom. The van der Waals surface area contributed by atoms with Crippen LogP contribution in [0.15, 0.2) is 42.6 Å². The van der Waals surface area contributed by atoms with E-state index < -0.39 is 0 Å². The number of rotatable bonds is 5. The van der Waals surface area contributed by atoms with Gasteiger partial charge in [-0.15, -0.1) is 0 Å². The van der Waals surface area contributed by atoms with E-state index in [4.69, 9.17) is 27.9 Å². The van der Waals surface area contributed by atoms with Crippen LogP contribution in [-0.4, -0.2) is 78.8 Å². The summed E-state index contributed by atoms with van der Waals surface area (Å²) in [6.07, 6.45) is 6.70. The Bertz CT molecular complexity index is 903. The first kappa shape index (κ1) is 22.4. The van der Waals surface area contributed by atoms with Gasteiger partial charge in [-0.1, -0.05) is 35.3 Å². The molecule has 3 atom stereocenters. The Morgan fingerprint density at radius 2 is 1.75 bits per heavy atom. The number of piperidine rings is 1. The number of nitrogens with zero attached hydrogens (tertiary/aromatic N) is 4. The summed E-state index contributed by atoms with van der Waals surface area (Å²) in [5, 5.41) is 1.56. The summed E-state index contributed by atoms with van der Waals surface area (Å²) in [6.45, 7) is 5.36. The van der Waals surface area contributed by atoms with Crippen LogP contribution in [0.1, 0.15) is 24.8 Å². The molecule has 4 heterocycles. The van der Waals surface area contributed by atoms with E-state index in [9.17, 15) is 0 Å². The lowest BCUT2D eigenvalue weighted by molar-refractivity contribution is 0.0118. The molecule has 7 heteroatoms. The van der Waals surface area contributed by atoms with Crippen molar-refractivity contribution in [2.45, 2.75) is 49.9 Å². The SMILES string of the molecule is CO[C@@H]1C[C@H]2CN(C3CCN(c4cc(Cl)ccn4)CC3)[C@@H](Cc3ccc(Cl)cc3)CN2C1. The van der Waals surface area contributed by atoms with Crippen LogP contribution < -0.4 is 4.90 Å². The van der Waals surface area contributed by atoms with Gasteiger partial charge in [0, 0.05) is 74.2 Å². The molecule has 0 saturated carbocycles. The quantitative estimate of drug-likeness (QED) is 0.641. The molecule has 1 aromatic heterocycles. The first-order valence-electron chi connectivity index (χ1n) is 11.7. The molecule has 172 valence electrons. The van der Waals surface area contributed by atoms with Crippen molar-refractivity contribution in [3.63, 3.8) is 0 Å². The fraction of sp³-hybridized carbons (Fsp3) is 0.560. The van der Waals surface area contributed by atoms with Crippen molar-refractivity contribution in [3.05, 3.63) is 58.2 Å². The third kappa shape index (κ3) is 4.92. The molecule has 3 aliphatic heterocycles. The summed E-state index contributed by atoms with van der Waals surface area (Å²) in [5.74, 6) is 0.997. The van der Waals surface area contributed by atoms with Crippen LogP contribution in [0, 0.1) is 0 Å². The molecule has 3 aliphatic rings. The Kier molecular flexibility index (Phi) is 6.91. The van der Waals surface area contributed by atoms with Gasteiger partial charge >= 0.3 is 0 Å². The number of anilines is 1. The summed E-state index contributed by atoms with van der Waals surface area (Å²) in [4.78, 5) is 12.4. The number of pyridine rings is 1. The lowest BCUT2D eigenvalue weighted by Gasteiger charge is -2.49. The van der Waals surface area contributed by atoms with E-state index in [2.05, 4.69) is 31.8 Å². The number of halogens is 2. The number of piperazine rings is 1. The second-order valence-electron chi connectivity index (χ2n) is 9.43. The molecule has 0 unspecified atom stereocenters. The molecule has 0 bridgehead atoms. The zero-order chi connectivity index (χ0) is 22.1. The van der Waals surface area contributed by atoms with Gasteiger partial charge in [0.2, 0.25) is 0 Å². The maximum atomic E-state index is 6.20. The number of fused-ring (bicyclic) bond motifs is 1. The van der Waals surface area contributed by atoms with E-state index >= 15 is 0 Å². The van der Waals surface area contributed by atoms with Gasteiger partial charge in [-0.25, -0.2) is 4.98 Å². The van der Waals surface area contributed by atoms with Crippen molar-refractivity contribution in [1.82, 2.24) is 14.8 Å². The van der Waals surface area contributed by atoms with Crippen LogP contribution in [0.4, 0.5) is 5.82 Å². The molecule has 3 fully saturated rings. The van der Waals surface area contributed by atoms with Crippen LogP contribution >= 0.6 is 23.2 Å². The molecule has 0 aliphatic carbocycles. The summed E-state index contributed by atoms with van der Waals surface area (Å²) >= 11 is 12.3. The zero-order valence-corrected chi connectivity index (χ0v) is 20.2. The molecule has 5 rings (SSSR count). The third-order valence-electron chi connectivity index (χ3n) is 7.51. The lowest BCUT2D eigenvalue weighted by Crippen LogP contribution is -2.61. The Labute approximate surface area is 201 Å². The summed E-state index contributed by atoms with van der Waals surface area (Å²) in [6, 6.07) is 13.9. The van der Waals surface area contributed by atoms with Crippen molar-refractivity contribution < 1.29 is 4.74 Å². The fourth-order valence-corrected chi connectivity index (χ4v) is 6.08. The zero-order valence-electron chi connectivity index (χ0n) is 18.7. The Hall–Kier alpha value is -1.37. The Morgan fingerprint density at radius 3 is 2.47 bits per heavy atom. The molecule has 0 N–H and O–H groups in total. The molecular weight excluding hydrogens is 443 g/mol. The average molecular weight is 475 g/mol. The molecule has 3 saturated heterocycles. The minimum Gasteiger partial charge on any atom is -0.380 e. The first-order valence-corrected chi connectivity index (χ1v) is 12.5. The normalized spacial score (nSPS) is 27.6. The van der Waals surface area contributed by atoms with Gasteiger partial charge < -0.3 is 9.64 Å². The number of aromatic nitrogens is 1. The van der Waals surface area contributed by atoms with Gasteiger partial charge in [-0.3, -0.25) is 9.80 Å². The van der Waals surface area contributed by atoms with Crippen LogP contribution in [0.3, 0.4) is 0 Å². The van der Waals surface area contributed by atoms with Crippen LogP contribution in [0.25, 0.3) is 0 Å². The molecule has 0 amide bonds. The van der Waals surface area contributed by atoms with Crippen LogP contribution in [0.5, 0.6) is 0 Å². The van der Waals surface area contributed by atoms with E-state index in [1.807, 2.05) is 31.4 Å². The minimum absolute atomic E-state index is 0.367. The highest BCUT2D eigenvalue weighted by atomic mass is 35.5. The topological polar surface area (TPSA) is 31.8 Å². The monoisotopic (exact) mass is 474 g/mol. The standard InChI is InChI=1S/C25H32Cl2N4O/c1-32-24-14-22-16-31(21-7-10-29(11-8-21)25-13-20(27)6-9-28-25)23(15-30(22)17-24)12-18-2-4-19(26)5-3-18/h2-6,9,13,21-24H,7-8,10-12,14-17H2,1H3/t22-,23-,24+/m0/s1. The predicted molar refractivity (Wildman–Crippen MR) is 131 cm³/mol. The summed E-state index contributed by atoms with van der Waals surface area (Å²) < 4.78 is 5.72. The van der Waals surface area contributed by atoms with Crippen molar-refractivity contribution in [3.8, 4) is 0 Å². The number of ether oxygens (including phenoxy) is 1. The molecule has 32 heavy (non-hydrogen) atoms. The molecular formula is C25H32Cl2N4O. The third-order valence-corrected chi connectivity index (χ3v) is 8.00. The van der Waals surface area contributed by atoms with Gasteiger partial charge in [-0.05, 0) is 55.5 Å². The van der Waals surface area contributed by atoms with E-state index in [0.29, 0.717) is 24.2 Å². The molecule has 5 nitrogen and oxygen atoms in total. The number of hydrogen-bond donors (Lipinski definition) is 0. The molecule has 0 spiro atoms. The molecule has 2 aromatic rings. The molecule has 0 radical (unpaired) electrons. The summed E-state index contributed by atoms with van der Waals surface area (Å²) in [5.41, 5.74) is 1.37. The van der Waals surface area contributed by atoms with Crippen LogP contribution in [-0.2, 0) is 11.2 Å². The van der Waals surface area contributed by atoms with Crippen molar-refractivity contribution >= 4 is 29.0 Å². The average Bonchev–Trinajstić information content (AvgIpc) is 3.22. The summed E-state index contributed by atoms with van der Waals surface area (Å²) in [7, 11) is 1.85. The van der Waals surface area contributed by atoms with Crippen molar-refractivity contribution in [1.29, 1.82) is 0 Å². The highest BCUT2D eigenvalue weighted by Gasteiger charge is 2.42. The van der Waals surface area contributed by atoms with E-state index in [0.717, 1.165) is 74.3 Å². The maximum Gasteiger partial charge on any atom is 0.129 e. The van der Waals surface area contributed by atoms with Gasteiger partial charge in [0.25, 0.3) is 0 Å². The first-order chi connectivity index (χ1) is 15.6. The fourth-order valence-electron chi connectivity index (χ4n) is 5.80. The second-order valence-corrected chi connectivity index (χ2v) is 10.3. The lowest BCUT2D eigenvalue weighted by atomic mass is 9.94. The molecule has 1 aromatic carbocycles. The predicted octanol–water partition coefficient (Wildman–Crippen LogP) is 4.37. The van der Waals surface area contributed by atoms with Crippen LogP contribution in [0.2, 0.25) is 10.0 Å². The maximum absolute atomic E-state index is 6.20. The van der Waals surface area contributed by atoms with E-state index in [1.165, 1.54) is 5.56 Å². The van der Waals surface area contributed by atoms with Gasteiger partial charge in [0.15, 0.2) is 0 Å². The Balaban J connectivity index is 1.29. The second kappa shape index (κ2) is 9.86. The smallest absolute Gasteiger partial charge is 0.129 e. The van der Waals surface area contributed by atoms with E-state index in [-0.39, 0.29) is 0 Å². The van der Waals surface area contributed by atoms with Gasteiger partial charge in [0.05, 0.1) is 6.10 Å². The van der Waals surface area contributed by atoms with E-state index in [1.54, 1.807) is 6.20 Å². The largest absolute Gasteiger partial charge is 0.380 e. The number of hydrogen-bond acceptors (Lipinski definition) is 5. The highest BCUT2D eigenvalue weighted by molar-refractivity contribution is 6.31. The van der Waals surface area contributed by atoms with Crippen molar-refractivity contribution in [2.75, 3.05) is 44.7 Å². The number of methoxy groups -OCH3 is 1. The van der Waals surface area contributed by atoms with Gasteiger partial charge in [0.1, 0.15) is 5.82 Å². The highest BCUT2D eigenvalue weighted by Crippen LogP contribution is 2.32. The number of benzene rings is 1. The minimum atomic E-state index is 0.367.